The lowest BCUT2D eigenvalue weighted by molar-refractivity contribution is -0.157. The van der Waals surface area contributed by atoms with Gasteiger partial charge in [-0.25, -0.2) is 9.59 Å². The van der Waals surface area contributed by atoms with Crippen LogP contribution in [-0.2, 0) is 19.1 Å². The number of nitrogens with one attached hydrogen (secondary N) is 1. The van der Waals surface area contributed by atoms with Crippen LogP contribution in [0, 0.1) is 0 Å². The van der Waals surface area contributed by atoms with Gasteiger partial charge in [-0.2, -0.15) is 0 Å². The first-order valence-electron chi connectivity index (χ1n) is 9.98. The quantitative estimate of drug-likeness (QED) is 0.578. The molecule has 0 saturated carbocycles. The van der Waals surface area contributed by atoms with E-state index in [1.165, 1.54) is 19.1 Å². The van der Waals surface area contributed by atoms with E-state index in [0.29, 0.717) is 12.0 Å². The molecule has 1 saturated heterocycles. The van der Waals surface area contributed by atoms with Crippen LogP contribution < -0.4 is 5.32 Å². The first-order chi connectivity index (χ1) is 15.0. The molecule has 7 nitrogen and oxygen atoms in total. The number of para-hydroxylation sites is 1. The van der Waals surface area contributed by atoms with E-state index in [4.69, 9.17) is 21.1 Å². The molecule has 2 unspecified atom stereocenters. The highest BCUT2D eigenvalue weighted by Crippen LogP contribution is 2.50. The summed E-state index contributed by atoms with van der Waals surface area (Å²) in [5, 5.41) is 3.54. The number of methoxy groups -OCH3 is 2. The third-order valence-electron chi connectivity index (χ3n) is 6.12. The number of fused-ring (bicyclic) bond motifs is 3. The number of amides is 1. The molecular weight excluding hydrogens is 420 g/mol. The number of hydrogen-bond acceptors (Lipinski definition) is 6. The van der Waals surface area contributed by atoms with Gasteiger partial charge in [0.25, 0.3) is 0 Å². The van der Waals surface area contributed by atoms with Crippen molar-refractivity contribution in [1.82, 2.24) is 4.90 Å². The number of esters is 2. The van der Waals surface area contributed by atoms with Crippen LogP contribution in [-0.4, -0.2) is 54.9 Å². The number of alkyl halides is 1. The van der Waals surface area contributed by atoms with Gasteiger partial charge < -0.3 is 19.7 Å². The third kappa shape index (κ3) is 3.63. The molecule has 0 aliphatic carbocycles. The van der Waals surface area contributed by atoms with Crippen molar-refractivity contribution in [3.05, 3.63) is 65.2 Å². The van der Waals surface area contributed by atoms with Gasteiger partial charge >= 0.3 is 11.9 Å². The van der Waals surface area contributed by atoms with E-state index in [1.807, 2.05) is 24.3 Å². The lowest BCUT2D eigenvalue weighted by Gasteiger charge is -2.47. The first kappa shape index (κ1) is 21.2. The van der Waals surface area contributed by atoms with E-state index in [-0.39, 0.29) is 23.7 Å². The van der Waals surface area contributed by atoms with E-state index in [0.717, 1.165) is 16.8 Å². The van der Waals surface area contributed by atoms with Gasteiger partial charge in [-0.3, -0.25) is 4.79 Å². The first-order valence-corrected chi connectivity index (χ1v) is 10.5. The molecule has 31 heavy (non-hydrogen) atoms. The number of anilines is 1. The Balaban J connectivity index is 1.82. The van der Waals surface area contributed by atoms with Crippen LogP contribution in [0.5, 0.6) is 0 Å². The second-order valence-corrected chi connectivity index (χ2v) is 7.90. The second kappa shape index (κ2) is 8.59. The Hall–Kier alpha value is -3.06. The predicted molar refractivity (Wildman–Crippen MR) is 115 cm³/mol. The maximum Gasteiger partial charge on any atom is 0.337 e. The van der Waals surface area contributed by atoms with Crippen LogP contribution in [0.3, 0.4) is 0 Å². The van der Waals surface area contributed by atoms with E-state index >= 15 is 0 Å². The monoisotopic (exact) mass is 442 g/mol. The smallest absolute Gasteiger partial charge is 0.337 e. The van der Waals surface area contributed by atoms with Crippen molar-refractivity contribution in [2.75, 3.05) is 25.4 Å². The molecule has 2 aliphatic heterocycles. The van der Waals surface area contributed by atoms with E-state index < -0.39 is 24.0 Å². The lowest BCUT2D eigenvalue weighted by atomic mass is 9.77. The highest BCUT2D eigenvalue weighted by molar-refractivity contribution is 6.27. The summed E-state index contributed by atoms with van der Waals surface area (Å²) < 4.78 is 9.82. The zero-order chi connectivity index (χ0) is 22.1. The maximum absolute atomic E-state index is 12.9. The Morgan fingerprint density at radius 2 is 1.77 bits per heavy atom. The predicted octanol–water partition coefficient (Wildman–Crippen LogP) is 3.10. The van der Waals surface area contributed by atoms with Crippen molar-refractivity contribution in [3.63, 3.8) is 0 Å². The number of hydrogen-bond donors (Lipinski definition) is 1. The summed E-state index contributed by atoms with van der Waals surface area (Å²) in [5.41, 5.74) is 3.28. The van der Waals surface area contributed by atoms with Crippen LogP contribution in [0.2, 0.25) is 0 Å². The Labute approximate surface area is 185 Å². The molecule has 1 fully saturated rings. The molecule has 0 radical (unpaired) electrons. The number of rotatable bonds is 4. The number of carbonyl (C=O) groups excluding carboxylic acids is 3. The normalized spacial score (nSPS) is 23.9. The summed E-state index contributed by atoms with van der Waals surface area (Å²) >= 11 is 5.94. The van der Waals surface area contributed by atoms with E-state index in [1.54, 1.807) is 24.3 Å². The Morgan fingerprint density at radius 1 is 1.06 bits per heavy atom. The molecule has 2 aromatic carbocycles. The fraction of sp³-hybridized carbons (Fsp3) is 0.348. The standard InChI is InChI=1S/C23H23ClN2O5/c1-30-22(28)14-9-7-13(8-10-14)21-20-16(15-5-3-4-6-17(15)25-20)11-18(23(29)31-2)26(21)19(27)12-24/h3-10,16,18,20-21,25H,11-12H2,1-2H3/t16?,18-,20?,21+/m1/s1. The van der Waals surface area contributed by atoms with Gasteiger partial charge in [0.15, 0.2) is 0 Å². The molecule has 8 heteroatoms. The van der Waals surface area contributed by atoms with Gasteiger partial charge in [0.2, 0.25) is 5.91 Å². The largest absolute Gasteiger partial charge is 0.467 e. The minimum atomic E-state index is -0.768. The summed E-state index contributed by atoms with van der Waals surface area (Å²) in [4.78, 5) is 39.1. The Morgan fingerprint density at radius 3 is 2.42 bits per heavy atom. The molecule has 2 heterocycles. The fourth-order valence-electron chi connectivity index (χ4n) is 4.76. The van der Waals surface area contributed by atoms with E-state index in [9.17, 15) is 14.4 Å². The van der Waals surface area contributed by atoms with Gasteiger partial charge in [0.1, 0.15) is 11.9 Å². The number of likely N-dealkylation sites (tertiary alicyclic amines) is 1. The van der Waals surface area contributed by atoms with Crippen LogP contribution in [0.4, 0.5) is 5.69 Å². The van der Waals surface area contributed by atoms with E-state index in [2.05, 4.69) is 5.32 Å². The number of ether oxygens (including phenoxy) is 2. The van der Waals surface area contributed by atoms with Gasteiger partial charge in [-0.05, 0) is 35.7 Å². The van der Waals surface area contributed by atoms with Crippen molar-refractivity contribution in [2.24, 2.45) is 0 Å². The summed E-state index contributed by atoms with van der Waals surface area (Å²) in [5.74, 6) is -1.52. The van der Waals surface area contributed by atoms with Crippen molar-refractivity contribution >= 4 is 35.1 Å². The van der Waals surface area contributed by atoms with Crippen molar-refractivity contribution < 1.29 is 23.9 Å². The van der Waals surface area contributed by atoms with Gasteiger partial charge in [-0.1, -0.05) is 30.3 Å². The highest BCUT2D eigenvalue weighted by atomic mass is 35.5. The average molecular weight is 443 g/mol. The van der Waals surface area contributed by atoms with Crippen molar-refractivity contribution in [3.8, 4) is 0 Å². The topological polar surface area (TPSA) is 84.9 Å². The third-order valence-corrected chi connectivity index (χ3v) is 6.35. The maximum atomic E-state index is 12.9. The van der Waals surface area contributed by atoms with Gasteiger partial charge in [-0.15, -0.1) is 11.6 Å². The zero-order valence-electron chi connectivity index (χ0n) is 17.2. The highest BCUT2D eigenvalue weighted by Gasteiger charge is 2.51. The van der Waals surface area contributed by atoms with Gasteiger partial charge in [0, 0.05) is 11.6 Å². The van der Waals surface area contributed by atoms with Gasteiger partial charge in [0.05, 0.1) is 31.9 Å². The number of nitrogens with zero attached hydrogens (tertiary/aromatic N) is 1. The molecule has 4 rings (SSSR count). The summed E-state index contributed by atoms with van der Waals surface area (Å²) in [6.07, 6.45) is 0.431. The zero-order valence-corrected chi connectivity index (χ0v) is 18.0. The number of benzene rings is 2. The minimum absolute atomic E-state index is 0.00459. The number of halogens is 1. The molecule has 0 aromatic heterocycles. The Bertz CT molecular complexity index is 1010. The molecule has 4 atom stereocenters. The summed E-state index contributed by atoms with van der Waals surface area (Å²) in [6.45, 7) is 0. The lowest BCUT2D eigenvalue weighted by Crippen LogP contribution is -2.57. The molecule has 1 N–H and O–H groups in total. The summed E-state index contributed by atoms with van der Waals surface area (Å²) in [7, 11) is 2.64. The van der Waals surface area contributed by atoms with Crippen molar-refractivity contribution in [2.45, 2.75) is 30.5 Å². The van der Waals surface area contributed by atoms with Crippen LogP contribution in [0.15, 0.2) is 48.5 Å². The molecular formula is C23H23ClN2O5. The molecule has 0 bridgehead atoms. The van der Waals surface area contributed by atoms with Crippen molar-refractivity contribution in [1.29, 1.82) is 0 Å². The number of piperidine rings is 1. The van der Waals surface area contributed by atoms with Crippen LogP contribution >= 0.6 is 11.6 Å². The second-order valence-electron chi connectivity index (χ2n) is 7.63. The van der Waals surface area contributed by atoms with Crippen LogP contribution in [0.1, 0.15) is 39.9 Å². The SMILES string of the molecule is COC(=O)c1ccc([C@H]2C3Nc4ccccc4C3C[C@H](C(=O)OC)N2C(=O)CCl)cc1. The molecule has 2 aromatic rings. The molecule has 0 spiro atoms. The summed E-state index contributed by atoms with van der Waals surface area (Å²) in [6, 6.07) is 13.4. The minimum Gasteiger partial charge on any atom is -0.467 e. The molecule has 162 valence electrons. The Kier molecular flexibility index (Phi) is 5.87. The molecule has 1 amide bonds. The molecule has 2 aliphatic rings. The average Bonchev–Trinajstić information content (AvgIpc) is 3.19. The van der Waals surface area contributed by atoms with Crippen LogP contribution in [0.25, 0.3) is 0 Å². The number of carbonyl (C=O) groups is 3. The fourth-order valence-corrected chi connectivity index (χ4v) is 4.90.